The quantitative estimate of drug-likeness (QED) is 0.110. The average molecular weight is 627 g/mol. The maximum atomic E-state index is 14.1. The SMILES string of the molecule is C=CCCC(=O)NC[C@@H](C)OC(=O)[C@H]1[C@@H]2O[C@@]3(CC2Br)[C@@H]1C(=O)N(CCCCO)[C@@H]3C(=O)N(CC=C)CCCC. The van der Waals surface area contributed by atoms with Crippen molar-refractivity contribution in [1.82, 2.24) is 15.1 Å². The molecule has 0 aromatic heterocycles. The summed E-state index contributed by atoms with van der Waals surface area (Å²) < 4.78 is 12.2. The van der Waals surface area contributed by atoms with E-state index in [4.69, 9.17) is 9.47 Å². The minimum absolute atomic E-state index is 0.0205. The Morgan fingerprint density at radius 3 is 2.70 bits per heavy atom. The Kier molecular flexibility index (Phi) is 11.8. The highest BCUT2D eigenvalue weighted by Gasteiger charge is 2.77. The van der Waals surface area contributed by atoms with E-state index < -0.39 is 41.7 Å². The molecule has 10 nitrogen and oxygen atoms in total. The van der Waals surface area contributed by atoms with Crippen LogP contribution in [0.4, 0.5) is 0 Å². The van der Waals surface area contributed by atoms with Crippen molar-refractivity contribution in [1.29, 1.82) is 0 Å². The number of unbranched alkanes of at least 4 members (excludes halogenated alkanes) is 2. The summed E-state index contributed by atoms with van der Waals surface area (Å²) in [7, 11) is 0. The van der Waals surface area contributed by atoms with Gasteiger partial charge in [-0.3, -0.25) is 19.2 Å². The minimum atomic E-state index is -1.16. The molecule has 3 heterocycles. The predicted molar refractivity (Wildman–Crippen MR) is 153 cm³/mol. The zero-order chi connectivity index (χ0) is 29.4. The summed E-state index contributed by atoms with van der Waals surface area (Å²) in [5, 5.41) is 12.1. The fourth-order valence-electron chi connectivity index (χ4n) is 6.18. The monoisotopic (exact) mass is 625 g/mol. The van der Waals surface area contributed by atoms with E-state index in [2.05, 4.69) is 34.4 Å². The molecule has 2 N–H and O–H groups in total. The summed E-state index contributed by atoms with van der Waals surface area (Å²) in [6.07, 6.45) is 6.09. The number of aliphatic hydroxyl groups excluding tert-OH is 1. The Bertz CT molecular complexity index is 962. The van der Waals surface area contributed by atoms with Crippen LogP contribution in [0.1, 0.15) is 58.8 Å². The van der Waals surface area contributed by atoms with E-state index in [0.29, 0.717) is 45.2 Å². The predicted octanol–water partition coefficient (Wildman–Crippen LogP) is 2.34. The minimum Gasteiger partial charge on any atom is -0.460 e. The molecule has 0 aromatic carbocycles. The van der Waals surface area contributed by atoms with E-state index in [0.717, 1.165) is 12.8 Å². The standard InChI is InChI=1S/C29H44BrN3O7/c1-5-8-12-21(35)31-18-19(4)39-28(38)22-23-26(36)33(15-10-11-16-34)25(29(23)17-20(30)24(22)40-29)27(37)32(13-7-3)14-9-6-2/h5,7,19-20,22-25,34H,1,3,6,8-18H2,2,4H3,(H,31,35)/t19-,20?,22-,23+,24-,25-,29+/m1/s1. The molecule has 1 spiro atoms. The van der Waals surface area contributed by atoms with Crippen LogP contribution in [0, 0.1) is 11.8 Å². The number of fused-ring (bicyclic) bond motifs is 1. The molecule has 1 unspecified atom stereocenters. The summed E-state index contributed by atoms with van der Waals surface area (Å²) in [5.41, 5.74) is -1.16. The lowest BCUT2D eigenvalue weighted by molar-refractivity contribution is -0.159. The fraction of sp³-hybridized carbons (Fsp3) is 0.724. The highest BCUT2D eigenvalue weighted by molar-refractivity contribution is 9.09. The first kappa shape index (κ1) is 32.3. The molecule has 40 heavy (non-hydrogen) atoms. The molecule has 3 rings (SSSR count). The van der Waals surface area contributed by atoms with Crippen LogP contribution in [-0.4, -0.2) is 100 Å². The van der Waals surface area contributed by atoms with Crippen LogP contribution in [-0.2, 0) is 28.7 Å². The first-order chi connectivity index (χ1) is 19.2. The van der Waals surface area contributed by atoms with Gasteiger partial charge in [0.1, 0.15) is 17.7 Å². The van der Waals surface area contributed by atoms with Gasteiger partial charge >= 0.3 is 5.97 Å². The second-order valence-corrected chi connectivity index (χ2v) is 12.1. The highest BCUT2D eigenvalue weighted by Crippen LogP contribution is 2.60. The van der Waals surface area contributed by atoms with Gasteiger partial charge in [-0.2, -0.15) is 0 Å². The smallest absolute Gasteiger partial charge is 0.312 e. The van der Waals surface area contributed by atoms with Crippen molar-refractivity contribution in [2.45, 2.75) is 87.5 Å². The number of aliphatic hydroxyl groups is 1. The first-order valence-electron chi connectivity index (χ1n) is 14.4. The highest BCUT2D eigenvalue weighted by atomic mass is 79.9. The average Bonchev–Trinajstić information content (AvgIpc) is 3.51. The van der Waals surface area contributed by atoms with Crippen LogP contribution in [0.5, 0.6) is 0 Å². The molecule has 0 aromatic rings. The molecule has 3 fully saturated rings. The lowest BCUT2D eigenvalue weighted by atomic mass is 9.70. The molecule has 0 saturated carbocycles. The van der Waals surface area contributed by atoms with Crippen molar-refractivity contribution in [3.63, 3.8) is 0 Å². The van der Waals surface area contributed by atoms with E-state index in [1.165, 1.54) is 0 Å². The van der Waals surface area contributed by atoms with Crippen LogP contribution in [0.15, 0.2) is 25.3 Å². The number of hydrogen-bond donors (Lipinski definition) is 2. The molecule has 0 radical (unpaired) electrons. The van der Waals surface area contributed by atoms with Crippen molar-refractivity contribution in [2.75, 3.05) is 32.8 Å². The van der Waals surface area contributed by atoms with Crippen molar-refractivity contribution in [2.24, 2.45) is 11.8 Å². The third-order valence-electron chi connectivity index (χ3n) is 8.02. The van der Waals surface area contributed by atoms with Gasteiger partial charge in [-0.25, -0.2) is 0 Å². The normalized spacial score (nSPS) is 29.1. The number of allylic oxidation sites excluding steroid dienone is 1. The summed E-state index contributed by atoms with van der Waals surface area (Å²) in [6, 6.07) is -0.884. The third-order valence-corrected chi connectivity index (χ3v) is 8.87. The number of alkyl halides is 1. The summed E-state index contributed by atoms with van der Waals surface area (Å²) in [5.74, 6) is -2.97. The largest absolute Gasteiger partial charge is 0.460 e. The van der Waals surface area contributed by atoms with Crippen LogP contribution < -0.4 is 5.32 Å². The van der Waals surface area contributed by atoms with Crippen LogP contribution >= 0.6 is 15.9 Å². The Hall–Kier alpha value is -2.24. The molecule has 0 aliphatic carbocycles. The molecule has 224 valence electrons. The lowest BCUT2D eigenvalue weighted by Crippen LogP contribution is -2.57. The van der Waals surface area contributed by atoms with Crippen molar-refractivity contribution >= 4 is 39.6 Å². The van der Waals surface area contributed by atoms with Gasteiger partial charge in [0.25, 0.3) is 0 Å². The molecule has 3 saturated heterocycles. The van der Waals surface area contributed by atoms with Gasteiger partial charge in [-0.1, -0.05) is 41.4 Å². The molecule has 11 heteroatoms. The number of amides is 3. The number of esters is 1. The van der Waals surface area contributed by atoms with Gasteiger partial charge in [-0.15, -0.1) is 13.2 Å². The first-order valence-corrected chi connectivity index (χ1v) is 15.3. The van der Waals surface area contributed by atoms with E-state index >= 15 is 0 Å². The molecule has 2 bridgehead atoms. The maximum absolute atomic E-state index is 14.1. The number of carbonyl (C=O) groups excluding carboxylic acids is 4. The van der Waals surface area contributed by atoms with Gasteiger partial charge < -0.3 is 29.7 Å². The Labute approximate surface area is 245 Å². The lowest BCUT2D eigenvalue weighted by Gasteiger charge is -2.37. The van der Waals surface area contributed by atoms with E-state index in [1.54, 1.807) is 28.9 Å². The second-order valence-electron chi connectivity index (χ2n) is 10.9. The number of likely N-dealkylation sites (tertiary alicyclic amines) is 1. The number of carbonyl (C=O) groups is 4. The van der Waals surface area contributed by atoms with Gasteiger partial charge in [0.15, 0.2) is 0 Å². The molecule has 7 atom stereocenters. The zero-order valence-electron chi connectivity index (χ0n) is 23.7. The Morgan fingerprint density at radius 1 is 1.30 bits per heavy atom. The molecular weight excluding hydrogens is 582 g/mol. The molecule has 3 aliphatic rings. The number of ether oxygens (including phenoxy) is 2. The van der Waals surface area contributed by atoms with Crippen molar-refractivity contribution in [3.05, 3.63) is 25.3 Å². The van der Waals surface area contributed by atoms with E-state index in [-0.39, 0.29) is 42.2 Å². The van der Waals surface area contributed by atoms with E-state index in [9.17, 15) is 24.3 Å². The van der Waals surface area contributed by atoms with Crippen molar-refractivity contribution in [3.8, 4) is 0 Å². The topological polar surface area (TPSA) is 125 Å². The number of nitrogens with zero attached hydrogens (tertiary/aromatic N) is 2. The summed E-state index contributed by atoms with van der Waals surface area (Å²) in [6.45, 7) is 12.4. The van der Waals surface area contributed by atoms with Gasteiger partial charge in [-0.05, 0) is 39.0 Å². The molecule has 3 aliphatic heterocycles. The maximum Gasteiger partial charge on any atom is 0.312 e. The fourth-order valence-corrected chi connectivity index (χ4v) is 7.12. The van der Waals surface area contributed by atoms with Crippen molar-refractivity contribution < 1.29 is 33.8 Å². The number of halogens is 1. The van der Waals surface area contributed by atoms with Gasteiger partial charge in [0.2, 0.25) is 17.7 Å². The van der Waals surface area contributed by atoms with Gasteiger partial charge in [0.05, 0.1) is 24.5 Å². The Morgan fingerprint density at radius 2 is 2.05 bits per heavy atom. The third kappa shape index (κ3) is 6.62. The zero-order valence-corrected chi connectivity index (χ0v) is 25.3. The summed E-state index contributed by atoms with van der Waals surface area (Å²) >= 11 is 3.66. The number of nitrogens with one attached hydrogen (secondary N) is 1. The van der Waals surface area contributed by atoms with Crippen LogP contribution in [0.25, 0.3) is 0 Å². The van der Waals surface area contributed by atoms with Gasteiger partial charge in [0, 0.05) is 37.5 Å². The Balaban J connectivity index is 1.86. The number of hydrogen-bond acceptors (Lipinski definition) is 7. The number of rotatable bonds is 17. The molecular formula is C29H44BrN3O7. The summed E-state index contributed by atoms with van der Waals surface area (Å²) in [4.78, 5) is 56.7. The van der Waals surface area contributed by atoms with Crippen LogP contribution in [0.3, 0.4) is 0 Å². The van der Waals surface area contributed by atoms with Crippen LogP contribution in [0.2, 0.25) is 0 Å². The second kappa shape index (κ2) is 14.6. The molecule has 3 amide bonds. The van der Waals surface area contributed by atoms with E-state index in [1.807, 2.05) is 6.92 Å².